The topological polar surface area (TPSA) is 125 Å². The molecule has 1 unspecified atom stereocenters. The number of rotatable bonds is 5. The van der Waals surface area contributed by atoms with Crippen LogP contribution in [0.15, 0.2) is 36.7 Å². The van der Waals surface area contributed by atoms with Crippen molar-refractivity contribution in [2.75, 3.05) is 16.8 Å². The van der Waals surface area contributed by atoms with E-state index in [2.05, 4.69) is 25.9 Å². The molecule has 1 atom stereocenters. The molecule has 150 valence electrons. The van der Waals surface area contributed by atoms with Crippen LogP contribution in [0.4, 0.5) is 5.69 Å². The Bertz CT molecular complexity index is 1150. The van der Waals surface area contributed by atoms with Gasteiger partial charge in [-0.25, -0.2) is 13.1 Å². The molecule has 1 amide bonds. The first kappa shape index (κ1) is 18.0. The summed E-state index contributed by atoms with van der Waals surface area (Å²) in [5, 5.41) is 18.3. The monoisotopic (exact) mass is 413 g/mol. The van der Waals surface area contributed by atoms with Gasteiger partial charge >= 0.3 is 0 Å². The number of hydrogen-bond acceptors (Lipinski definition) is 7. The minimum absolute atomic E-state index is 0.0913. The van der Waals surface area contributed by atoms with Crippen LogP contribution in [0.25, 0.3) is 5.69 Å². The largest absolute Gasteiger partial charge is 0.321 e. The second kappa shape index (κ2) is 6.76. The Kier molecular flexibility index (Phi) is 4.19. The van der Waals surface area contributed by atoms with Crippen molar-refractivity contribution in [3.63, 3.8) is 0 Å². The van der Waals surface area contributed by atoms with Crippen LogP contribution in [-0.4, -0.2) is 55.8 Å². The molecule has 0 radical (unpaired) electrons. The predicted octanol–water partition coefficient (Wildman–Crippen LogP) is 1.35. The van der Waals surface area contributed by atoms with Gasteiger partial charge in [0.15, 0.2) is 15.5 Å². The van der Waals surface area contributed by atoms with Gasteiger partial charge in [-0.15, -0.1) is 5.10 Å². The third-order valence-corrected chi connectivity index (χ3v) is 7.04. The van der Waals surface area contributed by atoms with Gasteiger partial charge in [0.1, 0.15) is 6.33 Å². The van der Waals surface area contributed by atoms with Crippen LogP contribution in [0, 0.1) is 0 Å². The van der Waals surface area contributed by atoms with Gasteiger partial charge in [0.05, 0.1) is 23.2 Å². The lowest BCUT2D eigenvalue weighted by atomic mass is 10.2. The zero-order valence-corrected chi connectivity index (χ0v) is 16.3. The molecule has 0 bridgehead atoms. The van der Waals surface area contributed by atoms with Crippen LogP contribution >= 0.6 is 0 Å². The standard InChI is InChI=1S/C18H19N7O3S/c26-18(20-13-3-5-14(6-4-13)24-11-19-22-23-24)16-9-17(12-1-2-12)25(21-16)15-7-8-29(27,28)10-15/h3-6,9,11-12,15H,1-2,7-8,10H2,(H,20,26). The fraction of sp³-hybridized carbons (Fsp3) is 0.389. The minimum Gasteiger partial charge on any atom is -0.321 e. The van der Waals surface area contributed by atoms with Crippen molar-refractivity contribution in [1.82, 2.24) is 30.0 Å². The third kappa shape index (κ3) is 3.65. The molecule has 2 fully saturated rings. The second-order valence-corrected chi connectivity index (χ2v) is 9.71. The average molecular weight is 413 g/mol. The second-order valence-electron chi connectivity index (χ2n) is 7.49. The maximum absolute atomic E-state index is 12.7. The minimum atomic E-state index is -3.03. The van der Waals surface area contributed by atoms with E-state index in [4.69, 9.17) is 0 Å². The van der Waals surface area contributed by atoms with E-state index >= 15 is 0 Å². The van der Waals surface area contributed by atoms with Gasteiger partial charge in [0.25, 0.3) is 5.91 Å². The Hall–Kier alpha value is -3.08. The number of sulfone groups is 1. The van der Waals surface area contributed by atoms with E-state index in [1.165, 1.54) is 11.0 Å². The van der Waals surface area contributed by atoms with Crippen LogP contribution in [0.3, 0.4) is 0 Å². The van der Waals surface area contributed by atoms with Crippen LogP contribution < -0.4 is 5.32 Å². The molecule has 1 aliphatic heterocycles. The summed E-state index contributed by atoms with van der Waals surface area (Å²) in [4.78, 5) is 12.7. The smallest absolute Gasteiger partial charge is 0.276 e. The molecule has 2 aliphatic rings. The molecule has 5 rings (SSSR count). The zero-order valence-electron chi connectivity index (χ0n) is 15.5. The number of carbonyl (C=O) groups excluding carboxylic acids is 1. The van der Waals surface area contributed by atoms with Gasteiger partial charge in [0.2, 0.25) is 0 Å². The highest BCUT2D eigenvalue weighted by Crippen LogP contribution is 2.42. The Morgan fingerprint density at radius 1 is 1.14 bits per heavy atom. The predicted molar refractivity (Wildman–Crippen MR) is 104 cm³/mol. The molecular weight excluding hydrogens is 394 g/mol. The first-order chi connectivity index (χ1) is 14.0. The molecule has 1 aliphatic carbocycles. The molecule has 1 saturated heterocycles. The fourth-order valence-corrected chi connectivity index (χ4v) is 5.33. The number of carbonyl (C=O) groups is 1. The van der Waals surface area contributed by atoms with Gasteiger partial charge in [-0.2, -0.15) is 5.10 Å². The van der Waals surface area contributed by atoms with E-state index in [9.17, 15) is 13.2 Å². The summed E-state index contributed by atoms with van der Waals surface area (Å²) in [5.41, 5.74) is 2.67. The molecule has 11 heteroatoms. The van der Waals surface area contributed by atoms with Crippen molar-refractivity contribution in [3.8, 4) is 5.69 Å². The summed E-state index contributed by atoms with van der Waals surface area (Å²) in [6.45, 7) is 0. The summed E-state index contributed by atoms with van der Waals surface area (Å²) in [6, 6.07) is 8.72. The van der Waals surface area contributed by atoms with E-state index in [1.54, 1.807) is 35.0 Å². The van der Waals surface area contributed by atoms with Gasteiger partial charge in [-0.3, -0.25) is 9.48 Å². The highest BCUT2D eigenvalue weighted by atomic mass is 32.2. The highest BCUT2D eigenvalue weighted by Gasteiger charge is 2.36. The lowest BCUT2D eigenvalue weighted by Gasteiger charge is -2.12. The molecular formula is C18H19N7O3S. The summed E-state index contributed by atoms with van der Waals surface area (Å²) < 4.78 is 27.0. The quantitative estimate of drug-likeness (QED) is 0.669. The molecule has 10 nitrogen and oxygen atoms in total. The average Bonchev–Trinajstić information content (AvgIpc) is 3.10. The zero-order chi connectivity index (χ0) is 20.0. The number of nitrogens with one attached hydrogen (secondary N) is 1. The van der Waals surface area contributed by atoms with Crippen LogP contribution in [0.1, 0.15) is 47.4 Å². The maximum atomic E-state index is 12.7. The molecule has 1 N–H and O–H groups in total. The Morgan fingerprint density at radius 2 is 1.93 bits per heavy atom. The van der Waals surface area contributed by atoms with Crippen molar-refractivity contribution in [3.05, 3.63) is 48.0 Å². The number of nitrogens with zero attached hydrogens (tertiary/aromatic N) is 6. The number of hydrogen-bond donors (Lipinski definition) is 1. The SMILES string of the molecule is O=C(Nc1ccc(-n2cnnn2)cc1)c1cc(C2CC2)n(C2CCS(=O)(=O)C2)n1. The first-order valence-corrected chi connectivity index (χ1v) is 11.3. The lowest BCUT2D eigenvalue weighted by molar-refractivity contribution is 0.102. The Balaban J connectivity index is 1.35. The summed E-state index contributed by atoms with van der Waals surface area (Å²) in [5.74, 6) is 0.315. The van der Waals surface area contributed by atoms with Crippen LogP contribution in [-0.2, 0) is 9.84 Å². The van der Waals surface area contributed by atoms with Gasteiger partial charge in [-0.1, -0.05) is 0 Å². The number of anilines is 1. The molecule has 3 heterocycles. The Morgan fingerprint density at radius 3 is 2.55 bits per heavy atom. The van der Waals surface area contributed by atoms with E-state index in [0.29, 0.717) is 23.7 Å². The highest BCUT2D eigenvalue weighted by molar-refractivity contribution is 7.91. The van der Waals surface area contributed by atoms with Crippen molar-refractivity contribution in [1.29, 1.82) is 0 Å². The summed E-state index contributed by atoms with van der Waals surface area (Å²) in [6.07, 6.45) is 4.13. The van der Waals surface area contributed by atoms with E-state index < -0.39 is 9.84 Å². The molecule has 0 spiro atoms. The van der Waals surface area contributed by atoms with E-state index in [0.717, 1.165) is 24.2 Å². The molecule has 1 saturated carbocycles. The van der Waals surface area contributed by atoms with Crippen molar-refractivity contribution < 1.29 is 13.2 Å². The van der Waals surface area contributed by atoms with Gasteiger partial charge in [-0.05, 0) is 60.0 Å². The fourth-order valence-electron chi connectivity index (χ4n) is 3.64. The van der Waals surface area contributed by atoms with Crippen LogP contribution in [0.2, 0.25) is 0 Å². The van der Waals surface area contributed by atoms with Crippen molar-refractivity contribution in [2.24, 2.45) is 0 Å². The molecule has 1 aromatic carbocycles. The van der Waals surface area contributed by atoms with Gasteiger partial charge < -0.3 is 5.32 Å². The molecule has 2 aromatic heterocycles. The molecule has 3 aromatic rings. The summed E-state index contributed by atoms with van der Waals surface area (Å²) in [7, 11) is -3.03. The van der Waals surface area contributed by atoms with Crippen LogP contribution in [0.5, 0.6) is 0 Å². The normalized spacial score (nSPS) is 20.6. The number of amides is 1. The number of aromatic nitrogens is 6. The summed E-state index contributed by atoms with van der Waals surface area (Å²) >= 11 is 0. The van der Waals surface area contributed by atoms with Crippen molar-refractivity contribution in [2.45, 2.75) is 31.2 Å². The molecule has 29 heavy (non-hydrogen) atoms. The van der Waals surface area contributed by atoms with Crippen molar-refractivity contribution >= 4 is 21.4 Å². The van der Waals surface area contributed by atoms with E-state index in [1.807, 2.05) is 0 Å². The third-order valence-electron chi connectivity index (χ3n) is 5.29. The number of benzene rings is 1. The Labute approximate surface area is 166 Å². The van der Waals surface area contributed by atoms with Gasteiger partial charge in [0, 0.05) is 17.3 Å². The number of tetrazole rings is 1. The van der Waals surface area contributed by atoms with E-state index in [-0.39, 0.29) is 23.5 Å². The first-order valence-electron chi connectivity index (χ1n) is 9.43. The maximum Gasteiger partial charge on any atom is 0.276 e. The lowest BCUT2D eigenvalue weighted by Crippen LogP contribution is -2.17.